The summed E-state index contributed by atoms with van der Waals surface area (Å²) in [5.41, 5.74) is 6.24. The third-order valence-corrected chi connectivity index (χ3v) is 5.42. The van der Waals surface area contributed by atoms with E-state index in [0.29, 0.717) is 47.6 Å². The Balaban J connectivity index is 1.79. The number of benzene rings is 1. The Labute approximate surface area is 172 Å². The summed E-state index contributed by atoms with van der Waals surface area (Å²) in [6.07, 6.45) is 0.649. The van der Waals surface area contributed by atoms with Gasteiger partial charge in [-0.05, 0) is 31.5 Å². The van der Waals surface area contributed by atoms with Crippen LogP contribution in [0.1, 0.15) is 29.4 Å². The van der Waals surface area contributed by atoms with Gasteiger partial charge in [0.15, 0.2) is 5.17 Å². The number of rotatable bonds is 7. The number of aryl methyl sites for hydroxylation is 1. The first-order chi connectivity index (χ1) is 13.8. The normalized spacial score (nSPS) is 19.0. The van der Waals surface area contributed by atoms with Gasteiger partial charge in [0.05, 0.1) is 12.1 Å². The Hall–Kier alpha value is -2.59. The largest absolute Gasteiger partial charge is 0.474 e. The molecule has 3 N–H and O–H groups in total. The van der Waals surface area contributed by atoms with Crippen molar-refractivity contribution in [2.75, 3.05) is 31.4 Å². The molecule has 1 unspecified atom stereocenters. The minimum Gasteiger partial charge on any atom is -0.474 e. The first-order valence-electron chi connectivity index (χ1n) is 9.07. The molecule has 29 heavy (non-hydrogen) atoms. The van der Waals surface area contributed by atoms with Gasteiger partial charge in [-0.1, -0.05) is 11.8 Å². The minimum atomic E-state index is -0.769. The highest BCUT2D eigenvalue weighted by atomic mass is 32.2. The average Bonchev–Trinajstić information content (AvgIpc) is 3.04. The van der Waals surface area contributed by atoms with E-state index >= 15 is 0 Å². The smallest absolute Gasteiger partial charge is 0.274 e. The van der Waals surface area contributed by atoms with Crippen molar-refractivity contribution < 1.29 is 18.7 Å². The Morgan fingerprint density at radius 1 is 1.41 bits per heavy atom. The van der Waals surface area contributed by atoms with Gasteiger partial charge in [0.1, 0.15) is 18.1 Å². The van der Waals surface area contributed by atoms with Crippen LogP contribution >= 0.6 is 11.8 Å². The van der Waals surface area contributed by atoms with E-state index in [1.165, 1.54) is 28.6 Å². The second-order valence-corrected chi connectivity index (χ2v) is 7.92. The monoisotopic (exact) mass is 421 g/mol. The van der Waals surface area contributed by atoms with Crippen LogP contribution in [0.15, 0.2) is 29.3 Å². The number of nitrogens with two attached hydrogens (primary N) is 1. The molecule has 8 nitrogen and oxygen atoms in total. The molecule has 2 heterocycles. The first-order valence-corrected chi connectivity index (χ1v) is 10.1. The van der Waals surface area contributed by atoms with E-state index in [0.717, 1.165) is 5.75 Å². The molecule has 2 aromatic rings. The molecular weight excluding hydrogens is 397 g/mol. The van der Waals surface area contributed by atoms with Gasteiger partial charge in [-0.15, -0.1) is 5.10 Å². The lowest BCUT2D eigenvalue weighted by Crippen LogP contribution is -2.30. The van der Waals surface area contributed by atoms with Crippen LogP contribution in [0.25, 0.3) is 0 Å². The summed E-state index contributed by atoms with van der Waals surface area (Å²) in [7, 11) is 3.22. The van der Waals surface area contributed by atoms with E-state index in [1.807, 2.05) is 6.92 Å². The van der Waals surface area contributed by atoms with Gasteiger partial charge in [-0.25, -0.2) is 4.39 Å². The number of hydrogen-bond donors (Lipinski definition) is 2. The molecule has 1 aliphatic heterocycles. The van der Waals surface area contributed by atoms with Crippen LogP contribution in [0.2, 0.25) is 0 Å². The van der Waals surface area contributed by atoms with Crippen molar-refractivity contribution in [3.8, 4) is 5.88 Å². The summed E-state index contributed by atoms with van der Waals surface area (Å²) in [6, 6.07) is 5.98. The van der Waals surface area contributed by atoms with E-state index in [2.05, 4.69) is 15.4 Å². The van der Waals surface area contributed by atoms with E-state index in [4.69, 9.17) is 15.2 Å². The molecular formula is C19H24FN5O3S. The van der Waals surface area contributed by atoms with E-state index in [9.17, 15) is 9.18 Å². The molecule has 1 aliphatic rings. The maximum absolute atomic E-state index is 14.5. The summed E-state index contributed by atoms with van der Waals surface area (Å²) >= 11 is 1.45. The fourth-order valence-electron chi connectivity index (χ4n) is 3.05. The molecule has 1 aromatic heterocycles. The van der Waals surface area contributed by atoms with Gasteiger partial charge in [-0.3, -0.25) is 14.5 Å². The van der Waals surface area contributed by atoms with E-state index < -0.39 is 5.54 Å². The predicted molar refractivity (Wildman–Crippen MR) is 111 cm³/mol. The van der Waals surface area contributed by atoms with Crippen molar-refractivity contribution in [3.05, 3.63) is 41.3 Å². The number of nitrogens with one attached hydrogen (secondary N) is 1. The number of aromatic nitrogens is 2. The fourth-order valence-corrected chi connectivity index (χ4v) is 4.02. The zero-order valence-electron chi connectivity index (χ0n) is 16.6. The van der Waals surface area contributed by atoms with Crippen LogP contribution in [0.3, 0.4) is 0 Å². The molecule has 0 fully saturated rings. The summed E-state index contributed by atoms with van der Waals surface area (Å²) in [4.78, 5) is 17.1. The summed E-state index contributed by atoms with van der Waals surface area (Å²) in [5, 5.41) is 7.37. The number of methoxy groups -OCH3 is 1. The van der Waals surface area contributed by atoms with Gasteiger partial charge >= 0.3 is 0 Å². The number of aliphatic imine (C=N–C) groups is 1. The lowest BCUT2D eigenvalue weighted by Gasteiger charge is -2.30. The molecule has 0 bridgehead atoms. The maximum atomic E-state index is 14.5. The van der Waals surface area contributed by atoms with Crippen molar-refractivity contribution >= 4 is 28.5 Å². The molecule has 0 saturated carbocycles. The Kier molecular flexibility index (Phi) is 6.43. The standard InChI is InChI=1S/C19H24FN5O3S/c1-19(6-9-29-18(21)23-19)13-10-12(4-5-14(13)20)22-17(26)15-11-16(24-25(15)2)28-8-7-27-3/h4-5,10-11H,6-9H2,1-3H3,(H2,21,23)(H,22,26). The number of ether oxygens (including phenoxy) is 2. The molecule has 0 aliphatic carbocycles. The molecule has 0 saturated heterocycles. The molecule has 0 spiro atoms. The maximum Gasteiger partial charge on any atom is 0.274 e. The van der Waals surface area contributed by atoms with Gasteiger partial charge in [0, 0.05) is 37.2 Å². The SMILES string of the molecule is COCCOc1cc(C(=O)Nc2ccc(F)c(C3(C)CCSC(N)=N3)c2)n(C)n1. The number of thioether (sulfide) groups is 1. The van der Waals surface area contributed by atoms with Gasteiger partial charge in [0.2, 0.25) is 5.88 Å². The third kappa shape index (κ3) is 4.88. The number of nitrogens with zero attached hydrogens (tertiary/aromatic N) is 3. The first kappa shape index (κ1) is 21.1. The van der Waals surface area contributed by atoms with Gasteiger partial charge < -0.3 is 20.5 Å². The number of amidine groups is 1. The zero-order valence-corrected chi connectivity index (χ0v) is 17.4. The third-order valence-electron chi connectivity index (χ3n) is 4.63. The second-order valence-electron chi connectivity index (χ2n) is 6.80. The van der Waals surface area contributed by atoms with Gasteiger partial charge in [-0.2, -0.15) is 0 Å². The van der Waals surface area contributed by atoms with Crippen molar-refractivity contribution in [2.24, 2.45) is 17.8 Å². The molecule has 156 valence electrons. The molecule has 0 radical (unpaired) electrons. The molecule has 3 rings (SSSR count). The number of anilines is 1. The number of amides is 1. The summed E-state index contributed by atoms with van der Waals surface area (Å²) < 4.78 is 26.3. The Morgan fingerprint density at radius 2 is 2.21 bits per heavy atom. The number of hydrogen-bond acceptors (Lipinski definition) is 7. The number of carbonyl (C=O) groups is 1. The molecule has 1 atom stereocenters. The second kappa shape index (κ2) is 8.83. The van der Waals surface area contributed by atoms with Crippen LogP contribution in [-0.2, 0) is 17.3 Å². The summed E-state index contributed by atoms with van der Waals surface area (Å²) in [5.74, 6) is 0.310. The molecule has 1 aromatic carbocycles. The lowest BCUT2D eigenvalue weighted by molar-refractivity contribution is 0.101. The minimum absolute atomic E-state index is 0.311. The quantitative estimate of drug-likeness (QED) is 0.666. The van der Waals surface area contributed by atoms with Gasteiger partial charge in [0.25, 0.3) is 5.91 Å². The Morgan fingerprint density at radius 3 is 2.93 bits per heavy atom. The van der Waals surface area contributed by atoms with E-state index in [-0.39, 0.29) is 11.7 Å². The van der Waals surface area contributed by atoms with Crippen LogP contribution in [0.5, 0.6) is 5.88 Å². The number of halogens is 1. The highest BCUT2D eigenvalue weighted by molar-refractivity contribution is 8.13. The van der Waals surface area contributed by atoms with Crippen molar-refractivity contribution in [2.45, 2.75) is 18.9 Å². The van der Waals surface area contributed by atoms with Crippen LogP contribution in [0, 0.1) is 5.82 Å². The van der Waals surface area contributed by atoms with Crippen LogP contribution < -0.4 is 15.8 Å². The van der Waals surface area contributed by atoms with Crippen molar-refractivity contribution in [1.82, 2.24) is 9.78 Å². The van der Waals surface area contributed by atoms with E-state index in [1.54, 1.807) is 26.3 Å². The topological polar surface area (TPSA) is 104 Å². The predicted octanol–water partition coefficient (Wildman–Crippen LogP) is 2.50. The highest BCUT2D eigenvalue weighted by Gasteiger charge is 2.32. The molecule has 1 amide bonds. The fraction of sp³-hybridized carbons (Fsp3) is 0.421. The zero-order chi connectivity index (χ0) is 21.0. The highest BCUT2D eigenvalue weighted by Crippen LogP contribution is 2.37. The Bertz CT molecular complexity index is 933. The van der Waals surface area contributed by atoms with Crippen molar-refractivity contribution in [1.29, 1.82) is 0 Å². The molecule has 10 heteroatoms. The van der Waals surface area contributed by atoms with Crippen LogP contribution in [-0.4, -0.2) is 46.9 Å². The average molecular weight is 421 g/mol. The lowest BCUT2D eigenvalue weighted by atomic mass is 9.89. The van der Waals surface area contributed by atoms with Crippen LogP contribution in [0.4, 0.5) is 10.1 Å². The summed E-state index contributed by atoms with van der Waals surface area (Å²) in [6.45, 7) is 2.59. The number of carbonyl (C=O) groups excluding carboxylic acids is 1. The van der Waals surface area contributed by atoms with Crippen molar-refractivity contribution in [3.63, 3.8) is 0 Å².